The van der Waals surface area contributed by atoms with Crippen molar-refractivity contribution in [2.24, 2.45) is 11.7 Å². The van der Waals surface area contributed by atoms with E-state index in [0.29, 0.717) is 22.2 Å². The van der Waals surface area contributed by atoms with Crippen LogP contribution in [0.15, 0.2) is 24.3 Å². The second kappa shape index (κ2) is 7.75. The minimum Gasteiger partial charge on any atom is -0.484 e. The highest BCUT2D eigenvalue weighted by molar-refractivity contribution is 7.17. The molecule has 2 amide bonds. The van der Waals surface area contributed by atoms with Gasteiger partial charge in [0.05, 0.1) is 10.5 Å². The summed E-state index contributed by atoms with van der Waals surface area (Å²) in [5, 5.41) is 13.8. The van der Waals surface area contributed by atoms with E-state index in [-0.39, 0.29) is 12.3 Å². The molecule has 1 aromatic heterocycles. The molecule has 0 radical (unpaired) electrons. The van der Waals surface area contributed by atoms with E-state index in [2.05, 4.69) is 12.2 Å². The molecule has 1 unspecified atom stereocenters. The molecule has 1 aliphatic rings. The summed E-state index contributed by atoms with van der Waals surface area (Å²) in [7, 11) is 0. The number of ether oxygens (including phenoxy) is 1. The maximum Gasteiger partial charge on any atom is 0.269 e. The standard InChI is InChI=1S/C18H19N3O5S/c1-10-2-7-13-14(8-10)27-18(16(13)17(19)23)20-15(22)9-26-12-5-3-11(4-6-12)21(24)25/h3-6,10H,2,7-9H2,1H3,(H2,19,23)(H,20,22). The van der Waals surface area contributed by atoms with Crippen LogP contribution in [-0.2, 0) is 17.6 Å². The molecule has 0 saturated carbocycles. The molecule has 1 atom stereocenters. The van der Waals surface area contributed by atoms with Gasteiger partial charge in [-0.25, -0.2) is 0 Å². The summed E-state index contributed by atoms with van der Waals surface area (Å²) in [6.07, 6.45) is 2.64. The van der Waals surface area contributed by atoms with Crippen LogP contribution in [0.2, 0.25) is 0 Å². The van der Waals surface area contributed by atoms with E-state index in [0.717, 1.165) is 29.7 Å². The number of nitro groups is 1. The fourth-order valence-corrected chi connectivity index (χ4v) is 4.51. The van der Waals surface area contributed by atoms with Crippen LogP contribution in [0.25, 0.3) is 0 Å². The Bertz CT molecular complexity index is 891. The van der Waals surface area contributed by atoms with Crippen LogP contribution >= 0.6 is 11.3 Å². The highest BCUT2D eigenvalue weighted by Crippen LogP contribution is 2.39. The Kier molecular flexibility index (Phi) is 5.41. The summed E-state index contributed by atoms with van der Waals surface area (Å²) in [6.45, 7) is 1.87. The first-order valence-corrected chi connectivity index (χ1v) is 9.28. The number of amides is 2. The molecule has 142 valence electrons. The fraction of sp³-hybridized carbons (Fsp3) is 0.333. The molecule has 0 bridgehead atoms. The molecule has 27 heavy (non-hydrogen) atoms. The zero-order valence-electron chi connectivity index (χ0n) is 14.7. The molecular weight excluding hydrogens is 370 g/mol. The number of benzene rings is 1. The van der Waals surface area contributed by atoms with Crippen molar-refractivity contribution >= 4 is 33.8 Å². The van der Waals surface area contributed by atoms with Gasteiger partial charge in [-0.15, -0.1) is 11.3 Å². The molecule has 0 fully saturated rings. The van der Waals surface area contributed by atoms with Gasteiger partial charge in [-0.1, -0.05) is 6.92 Å². The van der Waals surface area contributed by atoms with Crippen LogP contribution in [0.1, 0.15) is 34.1 Å². The Morgan fingerprint density at radius 2 is 2.07 bits per heavy atom. The van der Waals surface area contributed by atoms with E-state index in [9.17, 15) is 19.7 Å². The molecule has 0 spiro atoms. The predicted molar refractivity (Wildman–Crippen MR) is 101 cm³/mol. The van der Waals surface area contributed by atoms with E-state index >= 15 is 0 Å². The van der Waals surface area contributed by atoms with Crippen molar-refractivity contribution in [3.8, 4) is 5.75 Å². The summed E-state index contributed by atoms with van der Waals surface area (Å²) >= 11 is 1.39. The maximum absolute atomic E-state index is 12.2. The first kappa shape index (κ1) is 18.8. The first-order valence-electron chi connectivity index (χ1n) is 8.46. The predicted octanol–water partition coefficient (Wildman–Crippen LogP) is 2.90. The number of fused-ring (bicyclic) bond motifs is 1. The van der Waals surface area contributed by atoms with E-state index in [1.165, 1.54) is 35.6 Å². The molecule has 0 aliphatic heterocycles. The lowest BCUT2D eigenvalue weighted by molar-refractivity contribution is -0.384. The summed E-state index contributed by atoms with van der Waals surface area (Å²) in [5.41, 5.74) is 6.80. The average molecular weight is 389 g/mol. The number of hydrogen-bond donors (Lipinski definition) is 2. The minimum absolute atomic E-state index is 0.0590. The molecule has 3 rings (SSSR count). The van der Waals surface area contributed by atoms with Crippen LogP contribution in [0, 0.1) is 16.0 Å². The Labute approximate surface area is 159 Å². The average Bonchev–Trinajstić information content (AvgIpc) is 2.97. The van der Waals surface area contributed by atoms with Gasteiger partial charge < -0.3 is 15.8 Å². The zero-order valence-corrected chi connectivity index (χ0v) is 15.5. The van der Waals surface area contributed by atoms with Crippen LogP contribution < -0.4 is 15.8 Å². The van der Waals surface area contributed by atoms with Gasteiger partial charge in [0, 0.05) is 17.0 Å². The first-order chi connectivity index (χ1) is 12.8. The van der Waals surface area contributed by atoms with Crippen molar-refractivity contribution in [2.45, 2.75) is 26.2 Å². The van der Waals surface area contributed by atoms with Gasteiger partial charge >= 0.3 is 0 Å². The van der Waals surface area contributed by atoms with Gasteiger partial charge in [0.2, 0.25) is 0 Å². The Balaban J connectivity index is 1.67. The number of nitrogens with two attached hydrogens (primary N) is 1. The van der Waals surface area contributed by atoms with Crippen LogP contribution in [-0.4, -0.2) is 23.3 Å². The van der Waals surface area contributed by atoms with Gasteiger partial charge in [-0.05, 0) is 42.9 Å². The number of thiophene rings is 1. The molecule has 3 N–H and O–H groups in total. The van der Waals surface area contributed by atoms with Gasteiger partial charge in [-0.2, -0.15) is 0 Å². The van der Waals surface area contributed by atoms with Crippen molar-refractivity contribution in [1.29, 1.82) is 0 Å². The van der Waals surface area contributed by atoms with Crippen LogP contribution in [0.5, 0.6) is 5.75 Å². The second-order valence-electron chi connectivity index (χ2n) is 6.51. The number of nitrogens with one attached hydrogen (secondary N) is 1. The van der Waals surface area contributed by atoms with Crippen molar-refractivity contribution in [3.63, 3.8) is 0 Å². The molecule has 1 aromatic carbocycles. The zero-order chi connectivity index (χ0) is 19.6. The lowest BCUT2D eigenvalue weighted by atomic mass is 9.88. The molecule has 8 nitrogen and oxygen atoms in total. The smallest absolute Gasteiger partial charge is 0.269 e. The van der Waals surface area contributed by atoms with E-state index in [1.54, 1.807) is 0 Å². The number of carbonyl (C=O) groups excluding carboxylic acids is 2. The third kappa shape index (κ3) is 4.25. The molecule has 9 heteroatoms. The minimum atomic E-state index is -0.548. The largest absolute Gasteiger partial charge is 0.484 e. The molecule has 2 aromatic rings. The van der Waals surface area contributed by atoms with Gasteiger partial charge in [-0.3, -0.25) is 19.7 Å². The fourth-order valence-electron chi connectivity index (χ4n) is 3.08. The Morgan fingerprint density at radius 3 is 2.70 bits per heavy atom. The van der Waals surface area contributed by atoms with E-state index in [4.69, 9.17) is 10.5 Å². The van der Waals surface area contributed by atoms with Crippen molar-refractivity contribution in [1.82, 2.24) is 0 Å². The van der Waals surface area contributed by atoms with Gasteiger partial charge in [0.1, 0.15) is 10.8 Å². The monoisotopic (exact) mass is 389 g/mol. The Hall–Kier alpha value is -2.94. The topological polar surface area (TPSA) is 125 Å². The molecule has 1 aliphatic carbocycles. The number of non-ortho nitro benzene ring substituents is 1. The van der Waals surface area contributed by atoms with Gasteiger partial charge in [0.15, 0.2) is 6.61 Å². The van der Waals surface area contributed by atoms with E-state index in [1.807, 2.05) is 0 Å². The number of anilines is 1. The SMILES string of the molecule is CC1CCc2c(sc(NC(=O)COc3ccc([N+](=O)[O-])cc3)c2C(N)=O)C1. The lowest BCUT2D eigenvalue weighted by Gasteiger charge is -2.18. The summed E-state index contributed by atoms with van der Waals surface area (Å²) < 4.78 is 5.35. The van der Waals surface area contributed by atoms with Crippen molar-refractivity contribution < 1.29 is 19.2 Å². The normalized spacial score (nSPS) is 15.7. The van der Waals surface area contributed by atoms with Crippen molar-refractivity contribution in [3.05, 3.63) is 50.4 Å². The Morgan fingerprint density at radius 1 is 1.37 bits per heavy atom. The van der Waals surface area contributed by atoms with Gasteiger partial charge in [0.25, 0.3) is 17.5 Å². The maximum atomic E-state index is 12.2. The lowest BCUT2D eigenvalue weighted by Crippen LogP contribution is -2.22. The number of hydrogen-bond acceptors (Lipinski definition) is 6. The third-order valence-electron chi connectivity index (χ3n) is 4.43. The number of nitro benzene ring substituents is 1. The molecule has 1 heterocycles. The molecular formula is C18H19N3O5S. The van der Waals surface area contributed by atoms with Crippen molar-refractivity contribution in [2.75, 3.05) is 11.9 Å². The molecule has 0 saturated heterocycles. The van der Waals surface area contributed by atoms with Crippen LogP contribution in [0.4, 0.5) is 10.7 Å². The van der Waals surface area contributed by atoms with E-state index < -0.39 is 16.7 Å². The summed E-state index contributed by atoms with van der Waals surface area (Å²) in [5.74, 6) is -0.104. The number of nitrogens with zero attached hydrogens (tertiary/aromatic N) is 1. The summed E-state index contributed by atoms with van der Waals surface area (Å²) in [4.78, 5) is 35.3. The highest BCUT2D eigenvalue weighted by Gasteiger charge is 2.27. The number of carbonyl (C=O) groups is 2. The second-order valence-corrected chi connectivity index (χ2v) is 7.61. The quantitative estimate of drug-likeness (QED) is 0.580. The summed E-state index contributed by atoms with van der Waals surface area (Å²) in [6, 6.07) is 5.44. The number of primary amides is 1. The highest BCUT2D eigenvalue weighted by atomic mass is 32.1. The number of rotatable bonds is 6. The third-order valence-corrected chi connectivity index (χ3v) is 5.60. The van der Waals surface area contributed by atoms with Crippen LogP contribution in [0.3, 0.4) is 0 Å².